The minimum Gasteiger partial charge on any atom is -0.454 e. The van der Waals surface area contributed by atoms with Gasteiger partial charge in [-0.3, -0.25) is 14.4 Å². The van der Waals surface area contributed by atoms with Gasteiger partial charge >= 0.3 is 0 Å². The third-order valence-corrected chi connectivity index (χ3v) is 6.76. The van der Waals surface area contributed by atoms with E-state index in [2.05, 4.69) is 5.32 Å². The molecular weight excluding hydrogens is 414 g/mol. The van der Waals surface area contributed by atoms with E-state index in [9.17, 15) is 14.4 Å². The highest BCUT2D eigenvalue weighted by molar-refractivity contribution is 5.98. The number of hydrogen-bond donors (Lipinski definition) is 1. The van der Waals surface area contributed by atoms with Gasteiger partial charge in [0.2, 0.25) is 18.6 Å². The molecule has 1 aromatic rings. The van der Waals surface area contributed by atoms with E-state index in [1.165, 1.54) is 0 Å². The van der Waals surface area contributed by atoms with Crippen molar-refractivity contribution in [2.75, 3.05) is 46.2 Å². The molecule has 0 aromatic heterocycles. The lowest BCUT2D eigenvalue weighted by atomic mass is 9.88. The molecule has 4 aliphatic rings. The van der Waals surface area contributed by atoms with Crippen molar-refractivity contribution in [2.45, 2.75) is 31.7 Å². The number of carbonyl (C=O) groups is 3. The number of amides is 3. The number of piperidine rings is 1. The Labute approximate surface area is 187 Å². The first kappa shape index (κ1) is 21.1. The molecule has 0 radical (unpaired) electrons. The van der Waals surface area contributed by atoms with Gasteiger partial charge < -0.3 is 29.3 Å². The predicted octanol–water partition coefficient (Wildman–Crippen LogP) is 1.02. The fraction of sp³-hybridized carbons (Fsp3) is 0.609. The summed E-state index contributed by atoms with van der Waals surface area (Å²) in [5.74, 6) is 1.16. The Kier molecular flexibility index (Phi) is 5.91. The Morgan fingerprint density at radius 1 is 0.906 bits per heavy atom. The summed E-state index contributed by atoms with van der Waals surface area (Å²) in [4.78, 5) is 42.6. The summed E-state index contributed by atoms with van der Waals surface area (Å²) in [6.45, 7) is 3.45. The van der Waals surface area contributed by atoms with Crippen molar-refractivity contribution in [3.05, 3.63) is 23.8 Å². The Bertz CT molecular complexity index is 888. The summed E-state index contributed by atoms with van der Waals surface area (Å²) in [5, 5.41) is 3.00. The number of ether oxygens (including phenoxy) is 3. The monoisotopic (exact) mass is 443 g/mol. The molecule has 0 bridgehead atoms. The highest BCUT2D eigenvalue weighted by Gasteiger charge is 2.39. The predicted molar refractivity (Wildman–Crippen MR) is 113 cm³/mol. The molecule has 3 heterocycles. The maximum absolute atomic E-state index is 13.4. The Balaban J connectivity index is 1.29. The average molecular weight is 444 g/mol. The third kappa shape index (κ3) is 4.39. The molecule has 9 nitrogen and oxygen atoms in total. The molecule has 2 saturated heterocycles. The lowest BCUT2D eigenvalue weighted by Crippen LogP contribution is -2.56. The summed E-state index contributed by atoms with van der Waals surface area (Å²) in [6, 6.07) is 4.39. The number of benzene rings is 1. The van der Waals surface area contributed by atoms with Crippen LogP contribution in [0.2, 0.25) is 0 Å². The molecule has 1 saturated carbocycles. The summed E-state index contributed by atoms with van der Waals surface area (Å²) in [7, 11) is 0. The van der Waals surface area contributed by atoms with E-state index in [-0.39, 0.29) is 36.4 Å². The van der Waals surface area contributed by atoms with Crippen LogP contribution in [0.25, 0.3) is 0 Å². The van der Waals surface area contributed by atoms with E-state index in [1.54, 1.807) is 23.1 Å². The van der Waals surface area contributed by atoms with Crippen LogP contribution >= 0.6 is 0 Å². The van der Waals surface area contributed by atoms with Crippen molar-refractivity contribution < 1.29 is 28.6 Å². The van der Waals surface area contributed by atoms with Gasteiger partial charge in [-0.25, -0.2) is 0 Å². The average Bonchev–Trinajstić information content (AvgIpc) is 3.59. The second-order valence-corrected chi connectivity index (χ2v) is 8.89. The molecule has 5 rings (SSSR count). The molecule has 3 aliphatic heterocycles. The zero-order valence-corrected chi connectivity index (χ0v) is 18.1. The van der Waals surface area contributed by atoms with Gasteiger partial charge in [-0.05, 0) is 49.8 Å². The normalized spacial score (nSPS) is 21.9. The standard InChI is InChI=1S/C23H29N3O6/c27-21(17-3-4-18-19(13-17)32-14-31-18)24-20(23(29)26-9-11-30-12-10-26)15-5-7-25(8-6-15)22(28)16-1-2-16/h3-4,13,15-16,20H,1-2,5-12,14H2,(H,24,27). The van der Waals surface area contributed by atoms with Gasteiger partial charge in [-0.2, -0.15) is 0 Å². The number of rotatable bonds is 5. The molecule has 3 amide bonds. The maximum Gasteiger partial charge on any atom is 0.252 e. The first-order chi connectivity index (χ1) is 15.6. The van der Waals surface area contributed by atoms with Crippen molar-refractivity contribution >= 4 is 17.7 Å². The number of hydrogen-bond acceptors (Lipinski definition) is 6. The van der Waals surface area contributed by atoms with Crippen molar-refractivity contribution in [2.24, 2.45) is 11.8 Å². The quantitative estimate of drug-likeness (QED) is 0.730. The lowest BCUT2D eigenvalue weighted by molar-refractivity contribution is -0.140. The van der Waals surface area contributed by atoms with Gasteiger partial charge in [0, 0.05) is 37.7 Å². The number of fused-ring (bicyclic) bond motifs is 1. The first-order valence-corrected chi connectivity index (χ1v) is 11.5. The molecule has 32 heavy (non-hydrogen) atoms. The topological polar surface area (TPSA) is 97.4 Å². The number of carbonyl (C=O) groups excluding carboxylic acids is 3. The van der Waals surface area contributed by atoms with Crippen LogP contribution in [0.1, 0.15) is 36.0 Å². The maximum atomic E-state index is 13.4. The van der Waals surface area contributed by atoms with E-state index >= 15 is 0 Å². The van der Waals surface area contributed by atoms with Gasteiger partial charge in [0.25, 0.3) is 5.91 Å². The highest BCUT2D eigenvalue weighted by Crippen LogP contribution is 2.34. The molecule has 9 heteroatoms. The Morgan fingerprint density at radius 3 is 2.34 bits per heavy atom. The smallest absolute Gasteiger partial charge is 0.252 e. The summed E-state index contributed by atoms with van der Waals surface area (Å²) >= 11 is 0. The van der Waals surface area contributed by atoms with E-state index < -0.39 is 6.04 Å². The van der Waals surface area contributed by atoms with Crippen LogP contribution < -0.4 is 14.8 Å². The van der Waals surface area contributed by atoms with Crippen molar-refractivity contribution in [3.8, 4) is 11.5 Å². The van der Waals surface area contributed by atoms with Crippen LogP contribution in [-0.4, -0.2) is 79.7 Å². The molecule has 3 fully saturated rings. The van der Waals surface area contributed by atoms with Crippen LogP contribution in [0.4, 0.5) is 0 Å². The van der Waals surface area contributed by atoms with Crippen LogP contribution in [0.15, 0.2) is 18.2 Å². The minimum absolute atomic E-state index is 0.0217. The fourth-order valence-electron chi connectivity index (χ4n) is 4.67. The zero-order chi connectivity index (χ0) is 22.1. The number of nitrogens with one attached hydrogen (secondary N) is 1. The third-order valence-electron chi connectivity index (χ3n) is 6.76. The number of morpholine rings is 1. The number of likely N-dealkylation sites (tertiary alicyclic amines) is 1. The molecule has 0 spiro atoms. The van der Waals surface area contributed by atoms with Gasteiger partial charge in [0.1, 0.15) is 6.04 Å². The SMILES string of the molecule is O=C(NC(C(=O)N1CCOCC1)C1CCN(C(=O)C2CC2)CC1)c1ccc2c(c1)OCO2. The molecule has 172 valence electrons. The summed E-state index contributed by atoms with van der Waals surface area (Å²) in [6.07, 6.45) is 3.37. The van der Waals surface area contributed by atoms with Crippen molar-refractivity contribution in [1.29, 1.82) is 0 Å². The molecule has 1 atom stereocenters. The van der Waals surface area contributed by atoms with E-state index in [0.717, 1.165) is 12.8 Å². The van der Waals surface area contributed by atoms with Gasteiger partial charge in [-0.1, -0.05) is 0 Å². The summed E-state index contributed by atoms with van der Waals surface area (Å²) < 4.78 is 16.1. The Hall–Kier alpha value is -2.81. The fourth-order valence-corrected chi connectivity index (χ4v) is 4.67. The molecular formula is C23H29N3O6. The van der Waals surface area contributed by atoms with Crippen molar-refractivity contribution in [1.82, 2.24) is 15.1 Å². The zero-order valence-electron chi connectivity index (χ0n) is 18.1. The minimum atomic E-state index is -0.635. The Morgan fingerprint density at radius 2 is 1.62 bits per heavy atom. The van der Waals surface area contributed by atoms with Gasteiger partial charge in [-0.15, -0.1) is 0 Å². The molecule has 1 aromatic carbocycles. The van der Waals surface area contributed by atoms with Crippen LogP contribution in [0.3, 0.4) is 0 Å². The van der Waals surface area contributed by atoms with Gasteiger partial charge in [0.15, 0.2) is 11.5 Å². The number of nitrogens with zero attached hydrogens (tertiary/aromatic N) is 2. The van der Waals surface area contributed by atoms with Gasteiger partial charge in [0.05, 0.1) is 13.2 Å². The van der Waals surface area contributed by atoms with E-state index in [0.29, 0.717) is 69.3 Å². The highest BCUT2D eigenvalue weighted by atomic mass is 16.7. The molecule has 1 aliphatic carbocycles. The van der Waals surface area contributed by atoms with E-state index in [4.69, 9.17) is 14.2 Å². The second kappa shape index (κ2) is 8.97. The van der Waals surface area contributed by atoms with E-state index in [1.807, 2.05) is 4.90 Å². The first-order valence-electron chi connectivity index (χ1n) is 11.5. The van der Waals surface area contributed by atoms with Crippen molar-refractivity contribution in [3.63, 3.8) is 0 Å². The van der Waals surface area contributed by atoms with Crippen LogP contribution in [-0.2, 0) is 14.3 Å². The largest absolute Gasteiger partial charge is 0.454 e. The van der Waals surface area contributed by atoms with Crippen LogP contribution in [0.5, 0.6) is 11.5 Å². The molecule has 1 N–H and O–H groups in total. The summed E-state index contributed by atoms with van der Waals surface area (Å²) in [5.41, 5.74) is 0.426. The second-order valence-electron chi connectivity index (χ2n) is 8.89. The van der Waals surface area contributed by atoms with Crippen LogP contribution in [0, 0.1) is 11.8 Å². The molecule has 1 unspecified atom stereocenters. The lowest BCUT2D eigenvalue weighted by Gasteiger charge is -2.38.